The van der Waals surface area contributed by atoms with Gasteiger partial charge in [0.1, 0.15) is 11.6 Å². The minimum absolute atomic E-state index is 0.0659. The molecule has 42 heavy (non-hydrogen) atoms. The average molecular weight is 638 g/mol. The highest BCUT2D eigenvalue weighted by molar-refractivity contribution is 7.92. The number of sulfonamides is 1. The van der Waals surface area contributed by atoms with Crippen LogP contribution in [0.15, 0.2) is 66.0 Å². The smallest absolute Gasteiger partial charge is 0.422 e. The van der Waals surface area contributed by atoms with E-state index in [1.165, 1.54) is 11.3 Å². The summed E-state index contributed by atoms with van der Waals surface area (Å²) >= 11 is 1.22. The molecule has 0 aliphatic rings. The number of rotatable bonds is 13. The second-order valence-electron chi connectivity index (χ2n) is 10.3. The molecular weight excluding hydrogens is 603 g/mol. The molecule has 0 saturated heterocycles. The van der Waals surface area contributed by atoms with Crippen molar-refractivity contribution in [1.82, 2.24) is 14.4 Å². The Morgan fingerprint density at radius 2 is 1.60 bits per heavy atom. The number of aromatic nitrogens is 1. The molecule has 0 radical (unpaired) electrons. The molecule has 0 aliphatic carbocycles. The molecule has 0 unspecified atom stereocenters. The Bertz CT molecular complexity index is 1560. The summed E-state index contributed by atoms with van der Waals surface area (Å²) in [5.41, 5.74) is 0.979. The number of carbonyl (C=O) groups excluding carboxylic acids is 2. The van der Waals surface area contributed by atoms with Crippen LogP contribution in [0.1, 0.15) is 40.0 Å². The SMILES string of the molecule is CC(C)(C)OC(=O)NS(=O)(=O)NCCCC[C@@H](C(=O)Nc1nc(-c2ccccc2)cs1)N(c1ccccc1)S(C)(=O)=O. The minimum atomic E-state index is -4.18. The molecule has 0 aliphatic heterocycles. The van der Waals surface area contributed by atoms with E-state index >= 15 is 0 Å². The van der Waals surface area contributed by atoms with Gasteiger partial charge in [0.15, 0.2) is 5.13 Å². The second-order valence-corrected chi connectivity index (χ2v) is 14.5. The molecule has 3 aromatic rings. The lowest BCUT2D eigenvalue weighted by Gasteiger charge is -2.30. The van der Waals surface area contributed by atoms with E-state index < -0.39 is 43.9 Å². The fourth-order valence-corrected chi connectivity index (χ4v) is 6.54. The third kappa shape index (κ3) is 10.4. The quantitative estimate of drug-likeness (QED) is 0.236. The van der Waals surface area contributed by atoms with Crippen molar-refractivity contribution >= 4 is 54.4 Å². The minimum Gasteiger partial charge on any atom is -0.443 e. The number of hydrogen-bond acceptors (Lipinski definition) is 9. The zero-order valence-electron chi connectivity index (χ0n) is 23.7. The van der Waals surface area contributed by atoms with Crippen molar-refractivity contribution in [1.29, 1.82) is 0 Å². The van der Waals surface area contributed by atoms with E-state index in [0.717, 1.165) is 16.1 Å². The summed E-state index contributed by atoms with van der Waals surface area (Å²) in [7, 11) is -8.09. The van der Waals surface area contributed by atoms with Crippen LogP contribution in [0, 0.1) is 0 Å². The Labute approximate surface area is 250 Å². The van der Waals surface area contributed by atoms with E-state index in [4.69, 9.17) is 4.74 Å². The van der Waals surface area contributed by atoms with E-state index in [1.54, 1.807) is 61.2 Å². The van der Waals surface area contributed by atoms with E-state index in [0.29, 0.717) is 16.5 Å². The van der Waals surface area contributed by atoms with E-state index in [1.807, 2.05) is 30.3 Å². The molecule has 2 amide bonds. The highest BCUT2D eigenvalue weighted by Gasteiger charge is 2.33. The lowest BCUT2D eigenvalue weighted by atomic mass is 10.1. The van der Waals surface area contributed by atoms with Crippen LogP contribution in [0.25, 0.3) is 11.3 Å². The number of carbonyl (C=O) groups is 2. The second kappa shape index (κ2) is 14.1. The van der Waals surface area contributed by atoms with Gasteiger partial charge in [0.25, 0.3) is 0 Å². The predicted molar refractivity (Wildman–Crippen MR) is 164 cm³/mol. The Morgan fingerprint density at radius 3 is 2.19 bits per heavy atom. The molecule has 15 heteroatoms. The number of anilines is 2. The summed E-state index contributed by atoms with van der Waals surface area (Å²) in [6.07, 6.45) is 0.510. The number of ether oxygens (including phenoxy) is 1. The number of hydrogen-bond donors (Lipinski definition) is 3. The van der Waals surface area contributed by atoms with Gasteiger partial charge in [0, 0.05) is 17.5 Å². The summed E-state index contributed by atoms with van der Waals surface area (Å²) in [5, 5.41) is 4.86. The molecule has 3 rings (SSSR count). The molecule has 12 nitrogen and oxygen atoms in total. The maximum absolute atomic E-state index is 13.6. The first-order valence-electron chi connectivity index (χ1n) is 13.0. The Morgan fingerprint density at radius 1 is 0.976 bits per heavy atom. The first kappa shape index (κ1) is 33.0. The normalized spacial score (nSPS) is 12.8. The maximum atomic E-state index is 13.6. The molecule has 1 heterocycles. The first-order valence-corrected chi connectivity index (χ1v) is 17.2. The number of thiazole rings is 1. The van der Waals surface area contributed by atoms with Crippen molar-refractivity contribution in [2.24, 2.45) is 0 Å². The number of benzene rings is 2. The number of nitrogens with zero attached hydrogens (tertiary/aromatic N) is 2. The van der Waals surface area contributed by atoms with Gasteiger partial charge in [0.2, 0.25) is 15.9 Å². The Balaban J connectivity index is 1.71. The monoisotopic (exact) mass is 637 g/mol. The number of nitrogens with one attached hydrogen (secondary N) is 3. The molecule has 0 saturated carbocycles. The standard InChI is InChI=1S/C27H35N5O7S3/c1-27(2,3)39-26(34)31-42(37,38)28-18-12-11-17-23(32(41(4,35)36)21-15-9-6-10-16-21)24(33)30-25-29-22(19-40-25)20-13-7-5-8-14-20/h5-10,13-16,19,23,28H,11-12,17-18H2,1-4H3,(H,31,34)(H,29,30,33)/t23-/m0/s1. The summed E-state index contributed by atoms with van der Waals surface area (Å²) < 4.78 is 60.3. The number of amides is 2. The molecule has 228 valence electrons. The van der Waals surface area contributed by atoms with Crippen LogP contribution in [0.3, 0.4) is 0 Å². The highest BCUT2D eigenvalue weighted by Crippen LogP contribution is 2.27. The fraction of sp³-hybridized carbons (Fsp3) is 0.370. The van der Waals surface area contributed by atoms with E-state index in [-0.39, 0.29) is 25.8 Å². The maximum Gasteiger partial charge on any atom is 0.422 e. The van der Waals surface area contributed by atoms with Crippen LogP contribution in [0.4, 0.5) is 15.6 Å². The van der Waals surface area contributed by atoms with Crippen LogP contribution in [-0.2, 0) is 29.8 Å². The van der Waals surface area contributed by atoms with Gasteiger partial charge in [-0.05, 0) is 52.2 Å². The van der Waals surface area contributed by atoms with Gasteiger partial charge in [-0.2, -0.15) is 13.1 Å². The summed E-state index contributed by atoms with van der Waals surface area (Å²) in [6.45, 7) is 4.74. The zero-order valence-corrected chi connectivity index (χ0v) is 26.2. The molecule has 2 aromatic carbocycles. The zero-order chi connectivity index (χ0) is 31.0. The topological polar surface area (TPSA) is 164 Å². The van der Waals surface area contributed by atoms with E-state index in [9.17, 15) is 26.4 Å². The van der Waals surface area contributed by atoms with Crippen molar-refractivity contribution in [3.8, 4) is 11.3 Å². The fourth-order valence-electron chi connectivity index (χ4n) is 3.91. The molecule has 1 atom stereocenters. The van der Waals surface area contributed by atoms with Gasteiger partial charge in [-0.15, -0.1) is 11.3 Å². The lowest BCUT2D eigenvalue weighted by Crippen LogP contribution is -2.47. The molecule has 0 fully saturated rings. The number of unbranched alkanes of at least 4 members (excludes halogenated alkanes) is 1. The highest BCUT2D eigenvalue weighted by atomic mass is 32.2. The predicted octanol–water partition coefficient (Wildman–Crippen LogP) is 4.11. The molecule has 0 spiro atoms. The Kier molecular flexibility index (Phi) is 11.1. The van der Waals surface area contributed by atoms with Gasteiger partial charge in [-0.3, -0.25) is 9.10 Å². The third-order valence-corrected chi connectivity index (χ3v) is 8.53. The third-order valence-electron chi connectivity index (χ3n) is 5.57. The van der Waals surface area contributed by atoms with Gasteiger partial charge >= 0.3 is 16.3 Å². The van der Waals surface area contributed by atoms with Crippen molar-refractivity contribution in [3.05, 3.63) is 66.0 Å². The molecule has 0 bridgehead atoms. The van der Waals surface area contributed by atoms with Crippen LogP contribution in [0.2, 0.25) is 0 Å². The van der Waals surface area contributed by atoms with Crippen molar-refractivity contribution < 1.29 is 31.2 Å². The van der Waals surface area contributed by atoms with Gasteiger partial charge in [-0.25, -0.2) is 22.9 Å². The largest absolute Gasteiger partial charge is 0.443 e. The average Bonchev–Trinajstić information content (AvgIpc) is 3.35. The summed E-state index contributed by atoms with van der Waals surface area (Å²) in [4.78, 5) is 29.8. The van der Waals surface area contributed by atoms with Crippen molar-refractivity contribution in [2.75, 3.05) is 22.4 Å². The molecular formula is C27H35N5O7S3. The Hall–Kier alpha value is -3.53. The van der Waals surface area contributed by atoms with Crippen LogP contribution in [-0.4, -0.2) is 58.3 Å². The first-order chi connectivity index (χ1) is 19.6. The van der Waals surface area contributed by atoms with Crippen molar-refractivity contribution in [2.45, 2.75) is 51.7 Å². The van der Waals surface area contributed by atoms with Crippen LogP contribution < -0.4 is 19.1 Å². The van der Waals surface area contributed by atoms with E-state index in [2.05, 4.69) is 15.0 Å². The lowest BCUT2D eigenvalue weighted by molar-refractivity contribution is -0.117. The van der Waals surface area contributed by atoms with Gasteiger partial charge in [-0.1, -0.05) is 48.5 Å². The van der Waals surface area contributed by atoms with Crippen LogP contribution >= 0.6 is 11.3 Å². The molecule has 1 aromatic heterocycles. The van der Waals surface area contributed by atoms with Crippen LogP contribution in [0.5, 0.6) is 0 Å². The summed E-state index contributed by atoms with van der Waals surface area (Å²) in [6, 6.07) is 16.5. The number of para-hydroxylation sites is 1. The van der Waals surface area contributed by atoms with Gasteiger partial charge in [0.05, 0.1) is 17.6 Å². The molecule has 3 N–H and O–H groups in total. The van der Waals surface area contributed by atoms with Crippen molar-refractivity contribution in [3.63, 3.8) is 0 Å². The van der Waals surface area contributed by atoms with Gasteiger partial charge < -0.3 is 10.1 Å². The summed E-state index contributed by atoms with van der Waals surface area (Å²) in [5.74, 6) is -0.578.